The van der Waals surface area contributed by atoms with Crippen molar-refractivity contribution >= 4 is 5.91 Å². The third kappa shape index (κ3) is 4.05. The molecule has 1 amide bonds. The van der Waals surface area contributed by atoms with Crippen molar-refractivity contribution in [3.63, 3.8) is 0 Å². The van der Waals surface area contributed by atoms with Gasteiger partial charge in [-0.15, -0.1) is 0 Å². The molecule has 0 spiro atoms. The highest BCUT2D eigenvalue weighted by Gasteiger charge is 2.18. The third-order valence-corrected chi connectivity index (χ3v) is 4.74. The minimum atomic E-state index is -0.260. The lowest BCUT2D eigenvalue weighted by Crippen LogP contribution is -2.26. The first kappa shape index (κ1) is 18.8. The molecule has 3 aromatic rings. The molecule has 27 heavy (non-hydrogen) atoms. The fourth-order valence-electron chi connectivity index (χ4n) is 3.03. The fourth-order valence-corrected chi connectivity index (χ4v) is 3.03. The summed E-state index contributed by atoms with van der Waals surface area (Å²) in [4.78, 5) is 12.5. The maximum atomic E-state index is 12.5. The molecule has 142 valence electrons. The van der Waals surface area contributed by atoms with Gasteiger partial charge in [0.2, 0.25) is 0 Å². The Morgan fingerprint density at radius 3 is 2.56 bits per heavy atom. The summed E-state index contributed by atoms with van der Waals surface area (Å²) in [5.74, 6) is 1.46. The van der Waals surface area contributed by atoms with E-state index in [0.717, 1.165) is 28.1 Å². The molecule has 0 saturated heterocycles. The van der Waals surface area contributed by atoms with Gasteiger partial charge in [0.25, 0.3) is 5.91 Å². The Bertz CT molecular complexity index is 935. The van der Waals surface area contributed by atoms with E-state index in [2.05, 4.69) is 10.4 Å². The predicted molar refractivity (Wildman–Crippen MR) is 103 cm³/mol. The van der Waals surface area contributed by atoms with Gasteiger partial charge in [-0.1, -0.05) is 18.2 Å². The second-order valence-corrected chi connectivity index (χ2v) is 6.78. The first-order valence-electron chi connectivity index (χ1n) is 8.94. The Balaban J connectivity index is 1.63. The van der Waals surface area contributed by atoms with Crippen LogP contribution < -0.4 is 10.1 Å². The van der Waals surface area contributed by atoms with Crippen LogP contribution in [0.4, 0.5) is 0 Å². The molecule has 0 aliphatic heterocycles. The van der Waals surface area contributed by atoms with Crippen molar-refractivity contribution in [1.82, 2.24) is 15.1 Å². The van der Waals surface area contributed by atoms with Crippen LogP contribution in [0.2, 0.25) is 0 Å². The van der Waals surface area contributed by atoms with Gasteiger partial charge in [0.1, 0.15) is 18.1 Å². The summed E-state index contributed by atoms with van der Waals surface area (Å²) in [6.07, 6.45) is 1.77. The monoisotopic (exact) mass is 367 g/mol. The average molecular weight is 367 g/mol. The van der Waals surface area contributed by atoms with Crippen LogP contribution in [0.1, 0.15) is 51.7 Å². The van der Waals surface area contributed by atoms with Crippen molar-refractivity contribution < 1.29 is 13.9 Å². The summed E-state index contributed by atoms with van der Waals surface area (Å²) in [6, 6.07) is 9.28. The van der Waals surface area contributed by atoms with Crippen LogP contribution in [-0.2, 0) is 13.7 Å². The van der Waals surface area contributed by atoms with Gasteiger partial charge in [0, 0.05) is 18.3 Å². The van der Waals surface area contributed by atoms with Crippen molar-refractivity contribution in [2.45, 2.75) is 40.3 Å². The first-order valence-corrected chi connectivity index (χ1v) is 8.94. The summed E-state index contributed by atoms with van der Waals surface area (Å²) < 4.78 is 13.3. The molecule has 2 heterocycles. The van der Waals surface area contributed by atoms with E-state index in [0.29, 0.717) is 5.76 Å². The quantitative estimate of drug-likeness (QED) is 0.715. The molecule has 0 bridgehead atoms. The number of rotatable bonds is 6. The lowest BCUT2D eigenvalue weighted by Gasteiger charge is -2.12. The van der Waals surface area contributed by atoms with Gasteiger partial charge in [0.15, 0.2) is 5.76 Å². The summed E-state index contributed by atoms with van der Waals surface area (Å²) >= 11 is 0. The molecule has 6 heteroatoms. The molecule has 1 N–H and O–H groups in total. The minimum Gasteiger partial charge on any atom is -0.485 e. The molecule has 1 aromatic carbocycles. The number of ether oxygens (including phenoxy) is 1. The molecule has 3 rings (SSSR count). The number of furan rings is 1. The molecule has 6 nitrogen and oxygen atoms in total. The summed E-state index contributed by atoms with van der Waals surface area (Å²) in [7, 11) is 1.88. The second-order valence-electron chi connectivity index (χ2n) is 6.78. The maximum Gasteiger partial charge on any atom is 0.287 e. The summed E-state index contributed by atoms with van der Waals surface area (Å²) in [6.45, 7) is 8.18. The number of carbonyl (C=O) groups excluding carboxylic acids is 1. The fraction of sp³-hybridized carbons (Fsp3) is 0.333. The van der Waals surface area contributed by atoms with Crippen LogP contribution in [0.5, 0.6) is 5.75 Å². The van der Waals surface area contributed by atoms with Crippen LogP contribution in [0.3, 0.4) is 0 Å². The smallest absolute Gasteiger partial charge is 0.287 e. The number of aromatic nitrogens is 2. The highest BCUT2D eigenvalue weighted by molar-refractivity contribution is 5.91. The van der Waals surface area contributed by atoms with Gasteiger partial charge in [-0.2, -0.15) is 5.10 Å². The van der Waals surface area contributed by atoms with E-state index >= 15 is 0 Å². The molecule has 0 aliphatic carbocycles. The number of nitrogens with one attached hydrogen (secondary N) is 1. The molecule has 0 fully saturated rings. The van der Waals surface area contributed by atoms with Gasteiger partial charge >= 0.3 is 0 Å². The Kier molecular flexibility index (Phi) is 5.35. The zero-order valence-electron chi connectivity index (χ0n) is 16.4. The molecular formula is C21H25N3O3. The van der Waals surface area contributed by atoms with Crippen LogP contribution in [0.25, 0.3) is 0 Å². The number of nitrogens with zero attached hydrogens (tertiary/aromatic N) is 2. The normalized spacial score (nSPS) is 12.0. The third-order valence-electron chi connectivity index (χ3n) is 4.74. The maximum absolute atomic E-state index is 12.5. The van der Waals surface area contributed by atoms with Gasteiger partial charge < -0.3 is 14.5 Å². The molecule has 1 atom stereocenters. The zero-order valence-corrected chi connectivity index (χ0v) is 16.4. The second kappa shape index (κ2) is 7.70. The van der Waals surface area contributed by atoms with Crippen LogP contribution >= 0.6 is 0 Å². The molecule has 0 saturated carbocycles. The Morgan fingerprint density at radius 1 is 1.22 bits per heavy atom. The number of hydrogen-bond donors (Lipinski definition) is 1. The number of amides is 1. The van der Waals surface area contributed by atoms with E-state index in [1.165, 1.54) is 0 Å². The lowest BCUT2D eigenvalue weighted by atomic mass is 10.1. The van der Waals surface area contributed by atoms with Gasteiger partial charge in [-0.3, -0.25) is 9.48 Å². The molecule has 0 aliphatic rings. The Morgan fingerprint density at radius 2 is 1.93 bits per heavy atom. The highest BCUT2D eigenvalue weighted by Crippen LogP contribution is 2.24. The largest absolute Gasteiger partial charge is 0.485 e. The minimum absolute atomic E-state index is 0.161. The molecule has 1 unspecified atom stereocenters. The van der Waals surface area contributed by atoms with Crippen LogP contribution in [-0.4, -0.2) is 15.7 Å². The number of hydrogen-bond acceptors (Lipinski definition) is 4. The van der Waals surface area contributed by atoms with Crippen LogP contribution in [0.15, 0.2) is 40.9 Å². The van der Waals surface area contributed by atoms with Crippen LogP contribution in [0, 0.1) is 20.8 Å². The number of para-hydroxylation sites is 1. The topological polar surface area (TPSA) is 69.3 Å². The van der Waals surface area contributed by atoms with Gasteiger partial charge in [-0.05, 0) is 51.0 Å². The van der Waals surface area contributed by atoms with Crippen molar-refractivity contribution in [1.29, 1.82) is 0 Å². The van der Waals surface area contributed by atoms with Crippen molar-refractivity contribution in [2.24, 2.45) is 7.05 Å². The van der Waals surface area contributed by atoms with E-state index in [1.54, 1.807) is 23.0 Å². The van der Waals surface area contributed by atoms with Crippen molar-refractivity contribution in [3.8, 4) is 5.75 Å². The van der Waals surface area contributed by atoms with E-state index < -0.39 is 0 Å². The molecular weight excluding hydrogens is 342 g/mol. The average Bonchev–Trinajstić information content (AvgIpc) is 3.22. The molecule has 0 radical (unpaired) electrons. The van der Waals surface area contributed by atoms with Gasteiger partial charge in [0.05, 0.1) is 12.2 Å². The van der Waals surface area contributed by atoms with E-state index in [1.807, 2.05) is 52.9 Å². The lowest BCUT2D eigenvalue weighted by molar-refractivity contribution is 0.0907. The number of carbonyl (C=O) groups is 1. The highest BCUT2D eigenvalue weighted by atomic mass is 16.5. The summed E-state index contributed by atoms with van der Waals surface area (Å²) in [5, 5.41) is 7.16. The van der Waals surface area contributed by atoms with E-state index in [-0.39, 0.29) is 24.3 Å². The molecule has 2 aromatic heterocycles. The van der Waals surface area contributed by atoms with E-state index in [4.69, 9.17) is 9.15 Å². The van der Waals surface area contributed by atoms with Gasteiger partial charge in [-0.25, -0.2) is 0 Å². The Labute approximate surface area is 159 Å². The SMILES string of the molecule is Cc1cccc(C)c1OCc1ccc(C(=O)NC(C)c2cnn(C)c2C)o1. The zero-order chi connectivity index (χ0) is 19.6. The standard InChI is InChI=1S/C21H25N3O3/c1-13-7-6-8-14(2)20(13)26-12-17-9-10-19(27-17)21(25)23-15(3)18-11-22-24(5)16(18)4/h6-11,15H,12H2,1-5H3,(H,23,25). The summed E-state index contributed by atoms with van der Waals surface area (Å²) in [5.41, 5.74) is 4.14. The van der Waals surface area contributed by atoms with Crippen molar-refractivity contribution in [2.75, 3.05) is 0 Å². The number of benzene rings is 1. The van der Waals surface area contributed by atoms with Crippen molar-refractivity contribution in [3.05, 3.63) is 70.4 Å². The first-order chi connectivity index (χ1) is 12.9. The Hall–Kier alpha value is -3.02. The number of aryl methyl sites for hydroxylation is 3. The van der Waals surface area contributed by atoms with E-state index in [9.17, 15) is 4.79 Å². The predicted octanol–water partition coefficient (Wildman–Crippen LogP) is 4.01.